The van der Waals surface area contributed by atoms with Gasteiger partial charge in [-0.15, -0.1) is 0 Å². The van der Waals surface area contributed by atoms with Crippen LogP contribution >= 0.6 is 0 Å². The highest BCUT2D eigenvalue weighted by Crippen LogP contribution is 2.18. The van der Waals surface area contributed by atoms with Crippen molar-refractivity contribution in [2.75, 3.05) is 0 Å². The van der Waals surface area contributed by atoms with E-state index in [1.165, 1.54) is 16.7 Å². The Morgan fingerprint density at radius 1 is 1.08 bits per heavy atom. The first-order valence-corrected chi connectivity index (χ1v) is 8.65. The number of rotatable bonds is 7. The van der Waals surface area contributed by atoms with Crippen LogP contribution in [0.15, 0.2) is 42.5 Å². The summed E-state index contributed by atoms with van der Waals surface area (Å²) in [6.45, 7) is 8.57. The molecule has 2 aromatic carbocycles. The van der Waals surface area contributed by atoms with Gasteiger partial charge in [0.1, 0.15) is 5.75 Å². The molecule has 0 fully saturated rings. The smallest absolute Gasteiger partial charge is 0.261 e. The minimum atomic E-state index is -0.523. The van der Waals surface area contributed by atoms with E-state index in [0.29, 0.717) is 6.54 Å². The summed E-state index contributed by atoms with van der Waals surface area (Å²) in [6, 6.07) is 14.2. The number of aryl methyl sites for hydroxylation is 3. The van der Waals surface area contributed by atoms with Crippen LogP contribution in [0.4, 0.5) is 0 Å². The molecule has 0 saturated carbocycles. The van der Waals surface area contributed by atoms with Crippen LogP contribution in [0.2, 0.25) is 0 Å². The number of carbonyl (C=O) groups excluding carboxylic acids is 1. The second kappa shape index (κ2) is 8.53. The lowest BCUT2D eigenvalue weighted by Gasteiger charge is -2.17. The molecule has 3 heteroatoms. The average molecular weight is 325 g/mol. The number of nitrogens with one attached hydrogen (secondary N) is 1. The molecule has 24 heavy (non-hydrogen) atoms. The lowest BCUT2D eigenvalue weighted by Crippen LogP contribution is -2.36. The van der Waals surface area contributed by atoms with E-state index < -0.39 is 6.10 Å². The van der Waals surface area contributed by atoms with Crippen LogP contribution in [0.1, 0.15) is 43.0 Å². The summed E-state index contributed by atoms with van der Waals surface area (Å²) >= 11 is 0. The summed E-state index contributed by atoms with van der Waals surface area (Å²) in [4.78, 5) is 12.3. The summed E-state index contributed by atoms with van der Waals surface area (Å²) in [6.07, 6.45) is 1.44. The average Bonchev–Trinajstić information content (AvgIpc) is 2.61. The number of carbonyl (C=O) groups is 1. The maximum Gasteiger partial charge on any atom is 0.261 e. The Kier molecular flexibility index (Phi) is 6.42. The molecule has 0 spiro atoms. The van der Waals surface area contributed by atoms with Gasteiger partial charge in [0.05, 0.1) is 0 Å². The van der Waals surface area contributed by atoms with Gasteiger partial charge in [-0.05, 0) is 55.0 Å². The molecule has 3 nitrogen and oxygen atoms in total. The standard InChI is InChI=1S/C21H27NO2/c1-5-17-11-12-18(6-2)19(13-17)14-22-21(23)16(4)24-20-10-8-7-9-15(20)3/h7-13,16H,5-6,14H2,1-4H3,(H,22,23)/t16-/m0/s1. The SMILES string of the molecule is CCc1ccc(CC)c(CNC(=O)[C@H](C)Oc2ccccc2C)c1. The van der Waals surface area contributed by atoms with Crippen molar-refractivity contribution in [1.29, 1.82) is 0 Å². The summed E-state index contributed by atoms with van der Waals surface area (Å²) < 4.78 is 5.78. The number of hydrogen-bond acceptors (Lipinski definition) is 2. The third-order valence-electron chi connectivity index (χ3n) is 4.28. The molecule has 1 N–H and O–H groups in total. The molecule has 0 aliphatic carbocycles. The van der Waals surface area contributed by atoms with E-state index >= 15 is 0 Å². The Morgan fingerprint density at radius 3 is 2.50 bits per heavy atom. The van der Waals surface area contributed by atoms with Crippen LogP contribution in [0, 0.1) is 6.92 Å². The number of hydrogen-bond donors (Lipinski definition) is 1. The van der Waals surface area contributed by atoms with Crippen molar-refractivity contribution in [3.8, 4) is 5.75 Å². The number of para-hydroxylation sites is 1. The van der Waals surface area contributed by atoms with Gasteiger partial charge in [0, 0.05) is 6.54 Å². The molecule has 0 aliphatic rings. The Morgan fingerprint density at radius 2 is 1.83 bits per heavy atom. The second-order valence-corrected chi connectivity index (χ2v) is 6.05. The Labute approximate surface area is 145 Å². The highest BCUT2D eigenvalue weighted by molar-refractivity contribution is 5.80. The van der Waals surface area contributed by atoms with E-state index in [9.17, 15) is 4.79 Å². The molecule has 0 saturated heterocycles. The Balaban J connectivity index is 1.98. The van der Waals surface area contributed by atoms with E-state index in [0.717, 1.165) is 24.2 Å². The maximum atomic E-state index is 12.3. The lowest BCUT2D eigenvalue weighted by molar-refractivity contribution is -0.127. The van der Waals surface area contributed by atoms with Gasteiger partial charge in [-0.2, -0.15) is 0 Å². The van der Waals surface area contributed by atoms with Crippen LogP contribution in [-0.4, -0.2) is 12.0 Å². The van der Waals surface area contributed by atoms with Crippen LogP contribution < -0.4 is 10.1 Å². The quantitative estimate of drug-likeness (QED) is 0.828. The first-order chi connectivity index (χ1) is 11.5. The molecule has 0 aliphatic heterocycles. The Hall–Kier alpha value is -2.29. The molecular weight excluding hydrogens is 298 g/mol. The maximum absolute atomic E-state index is 12.3. The van der Waals surface area contributed by atoms with Gasteiger partial charge >= 0.3 is 0 Å². The lowest BCUT2D eigenvalue weighted by atomic mass is 10.0. The number of benzene rings is 2. The minimum absolute atomic E-state index is 0.0952. The van der Waals surface area contributed by atoms with Gasteiger partial charge in [-0.1, -0.05) is 50.2 Å². The Bertz CT molecular complexity index is 694. The molecule has 128 valence electrons. The molecule has 0 bridgehead atoms. The third-order valence-corrected chi connectivity index (χ3v) is 4.28. The van der Waals surface area contributed by atoms with Crippen LogP contribution in [0.3, 0.4) is 0 Å². The third kappa shape index (κ3) is 4.60. The summed E-state index contributed by atoms with van der Waals surface area (Å²) in [5.41, 5.74) is 4.79. The fourth-order valence-corrected chi connectivity index (χ4v) is 2.67. The van der Waals surface area contributed by atoms with Crippen molar-refractivity contribution < 1.29 is 9.53 Å². The molecule has 1 atom stereocenters. The normalized spacial score (nSPS) is 11.8. The predicted molar refractivity (Wildman–Crippen MR) is 98.3 cm³/mol. The van der Waals surface area contributed by atoms with Gasteiger partial charge in [0.15, 0.2) is 6.10 Å². The van der Waals surface area contributed by atoms with Crippen molar-refractivity contribution >= 4 is 5.91 Å². The number of amides is 1. The van der Waals surface area contributed by atoms with Crippen LogP contribution in [0.25, 0.3) is 0 Å². The molecule has 0 aromatic heterocycles. The molecule has 1 amide bonds. The summed E-state index contributed by atoms with van der Waals surface area (Å²) in [5, 5.41) is 3.00. The molecular formula is C21H27NO2. The van der Waals surface area contributed by atoms with E-state index in [1.807, 2.05) is 31.2 Å². The monoisotopic (exact) mass is 325 g/mol. The highest BCUT2D eigenvalue weighted by Gasteiger charge is 2.15. The van der Waals surface area contributed by atoms with Crippen molar-refractivity contribution in [1.82, 2.24) is 5.32 Å². The first kappa shape index (κ1) is 18.1. The summed E-state index contributed by atoms with van der Waals surface area (Å²) in [5.74, 6) is 0.657. The van der Waals surface area contributed by atoms with Crippen LogP contribution in [0.5, 0.6) is 5.75 Å². The van der Waals surface area contributed by atoms with Gasteiger partial charge < -0.3 is 10.1 Å². The van der Waals surface area contributed by atoms with Gasteiger partial charge in [-0.3, -0.25) is 4.79 Å². The minimum Gasteiger partial charge on any atom is -0.481 e. The topological polar surface area (TPSA) is 38.3 Å². The van der Waals surface area contributed by atoms with Gasteiger partial charge in [0.2, 0.25) is 0 Å². The largest absolute Gasteiger partial charge is 0.481 e. The molecule has 2 rings (SSSR count). The van der Waals surface area contributed by atoms with E-state index in [2.05, 4.69) is 37.4 Å². The van der Waals surface area contributed by atoms with Crippen LogP contribution in [-0.2, 0) is 24.2 Å². The first-order valence-electron chi connectivity index (χ1n) is 8.65. The van der Waals surface area contributed by atoms with Crippen molar-refractivity contribution in [2.24, 2.45) is 0 Å². The predicted octanol–water partition coefficient (Wildman–Crippen LogP) is 4.20. The zero-order valence-corrected chi connectivity index (χ0v) is 15.1. The molecule has 0 heterocycles. The molecule has 0 unspecified atom stereocenters. The molecule has 2 aromatic rings. The van der Waals surface area contributed by atoms with Gasteiger partial charge in [-0.25, -0.2) is 0 Å². The molecule has 0 radical (unpaired) electrons. The zero-order chi connectivity index (χ0) is 17.5. The highest BCUT2D eigenvalue weighted by atomic mass is 16.5. The van der Waals surface area contributed by atoms with E-state index in [-0.39, 0.29) is 5.91 Å². The summed E-state index contributed by atoms with van der Waals surface area (Å²) in [7, 11) is 0. The van der Waals surface area contributed by atoms with E-state index in [4.69, 9.17) is 4.74 Å². The zero-order valence-electron chi connectivity index (χ0n) is 15.1. The van der Waals surface area contributed by atoms with Gasteiger partial charge in [0.25, 0.3) is 5.91 Å². The fraction of sp³-hybridized carbons (Fsp3) is 0.381. The van der Waals surface area contributed by atoms with Crippen molar-refractivity contribution in [2.45, 2.75) is 53.2 Å². The van der Waals surface area contributed by atoms with E-state index in [1.54, 1.807) is 6.92 Å². The van der Waals surface area contributed by atoms with Crippen molar-refractivity contribution in [3.05, 3.63) is 64.7 Å². The van der Waals surface area contributed by atoms with Crippen molar-refractivity contribution in [3.63, 3.8) is 0 Å². The second-order valence-electron chi connectivity index (χ2n) is 6.05. The number of ether oxygens (including phenoxy) is 1. The fourth-order valence-electron chi connectivity index (χ4n) is 2.67.